The van der Waals surface area contributed by atoms with Crippen LogP contribution < -0.4 is 4.90 Å². The molecule has 350 valence electrons. The zero-order valence-electron chi connectivity index (χ0n) is 40.4. The Balaban J connectivity index is 0.880. The minimum atomic E-state index is 0.907. The highest BCUT2D eigenvalue weighted by molar-refractivity contribution is 7.27. The monoisotopic (exact) mass is 990 g/mol. The fourth-order valence-electron chi connectivity index (χ4n) is 11.9. The van der Waals surface area contributed by atoms with Crippen molar-refractivity contribution in [1.82, 2.24) is 4.57 Å². The maximum Gasteiger partial charge on any atom is 0.136 e. The molecule has 0 amide bonds. The van der Waals surface area contributed by atoms with Crippen molar-refractivity contribution < 1.29 is 4.42 Å². The number of hydrogen-bond acceptors (Lipinski definition) is 4. The van der Waals surface area contributed by atoms with Crippen LogP contribution in [0.5, 0.6) is 0 Å². The number of furan rings is 1. The van der Waals surface area contributed by atoms with Crippen LogP contribution in [-0.4, -0.2) is 4.57 Å². The number of anilines is 3. The Labute approximate surface area is 439 Å². The van der Waals surface area contributed by atoms with E-state index in [0.29, 0.717) is 0 Å². The van der Waals surface area contributed by atoms with Gasteiger partial charge in [0.25, 0.3) is 0 Å². The van der Waals surface area contributed by atoms with E-state index >= 15 is 0 Å². The van der Waals surface area contributed by atoms with Crippen molar-refractivity contribution in [3.63, 3.8) is 0 Å². The lowest BCUT2D eigenvalue weighted by Gasteiger charge is -2.27. The van der Waals surface area contributed by atoms with Gasteiger partial charge in [-0.25, -0.2) is 0 Å². The third-order valence-electron chi connectivity index (χ3n) is 15.4. The molecule has 0 fully saturated rings. The van der Waals surface area contributed by atoms with Gasteiger partial charge in [0.15, 0.2) is 0 Å². The van der Waals surface area contributed by atoms with Crippen LogP contribution in [0.25, 0.3) is 134 Å². The molecule has 0 atom stereocenters. The molecule has 0 spiro atoms. The third-order valence-corrected chi connectivity index (χ3v) is 17.9. The standard InChI is InChI=1S/C70H42N2OS2/c1-2-16-48(17-3-1)71-61-26-8-6-19-53(61)54-37-34-47(40-64(54)71)52-22-11-23-59-60-25-13-28-63(70(60)75-68(52)59)72(49-35-30-44(31-36-49)51-21-10-15-43-14-4-5-18-50(43)51)62-27-12-24-58-57-39-33-46(42-67(57)74-69(58)62)45-32-38-56-55-20-7-9-29-65(55)73-66(56)41-45/h1-42H. The molecule has 0 aliphatic carbocycles. The second-order valence-corrected chi connectivity index (χ2v) is 21.6. The molecule has 0 aliphatic heterocycles. The number of hydrogen-bond donors (Lipinski definition) is 0. The number of rotatable bonds is 7. The number of nitrogens with zero attached hydrogens (tertiary/aromatic N) is 2. The van der Waals surface area contributed by atoms with E-state index in [1.165, 1.54) is 101 Å². The summed E-state index contributed by atoms with van der Waals surface area (Å²) in [4.78, 5) is 2.52. The molecule has 16 rings (SSSR count). The Kier molecular flexibility index (Phi) is 9.38. The number of para-hydroxylation sites is 3. The highest BCUT2D eigenvalue weighted by Gasteiger charge is 2.24. The quantitative estimate of drug-likeness (QED) is 0.159. The van der Waals surface area contributed by atoms with Crippen LogP contribution in [0.2, 0.25) is 0 Å². The summed E-state index contributed by atoms with van der Waals surface area (Å²) in [5.74, 6) is 0. The van der Waals surface area contributed by atoms with Crippen molar-refractivity contribution in [2.75, 3.05) is 4.90 Å². The Morgan fingerprint density at radius 1 is 0.320 bits per heavy atom. The second kappa shape index (κ2) is 16.6. The molecule has 0 unspecified atom stereocenters. The van der Waals surface area contributed by atoms with E-state index in [1.54, 1.807) is 0 Å². The van der Waals surface area contributed by atoms with E-state index in [2.05, 4.69) is 252 Å². The van der Waals surface area contributed by atoms with Crippen molar-refractivity contribution in [2.45, 2.75) is 0 Å². The van der Waals surface area contributed by atoms with E-state index in [1.807, 2.05) is 34.8 Å². The predicted molar refractivity (Wildman–Crippen MR) is 322 cm³/mol. The molecule has 0 aliphatic rings. The van der Waals surface area contributed by atoms with E-state index in [9.17, 15) is 0 Å². The maximum absolute atomic E-state index is 6.35. The van der Waals surface area contributed by atoms with E-state index in [-0.39, 0.29) is 0 Å². The van der Waals surface area contributed by atoms with Gasteiger partial charge in [0.05, 0.1) is 31.8 Å². The summed E-state index contributed by atoms with van der Waals surface area (Å²) in [6, 6.07) is 93.5. The number of fused-ring (bicyclic) bond motifs is 13. The smallest absolute Gasteiger partial charge is 0.136 e. The van der Waals surface area contributed by atoms with Gasteiger partial charge in [0.2, 0.25) is 0 Å². The summed E-state index contributed by atoms with van der Waals surface area (Å²) >= 11 is 3.77. The topological polar surface area (TPSA) is 21.3 Å². The number of thiophene rings is 2. The number of benzene rings is 12. The first-order valence-corrected chi connectivity index (χ1v) is 27.1. The van der Waals surface area contributed by atoms with Crippen LogP contribution in [0.1, 0.15) is 0 Å². The Morgan fingerprint density at radius 3 is 1.72 bits per heavy atom. The highest BCUT2D eigenvalue weighted by Crippen LogP contribution is 2.51. The first-order valence-electron chi connectivity index (χ1n) is 25.5. The number of aromatic nitrogens is 1. The molecule has 3 nitrogen and oxygen atoms in total. The highest BCUT2D eigenvalue weighted by atomic mass is 32.1. The van der Waals surface area contributed by atoms with Crippen molar-refractivity contribution in [2.24, 2.45) is 0 Å². The van der Waals surface area contributed by atoms with Crippen LogP contribution in [-0.2, 0) is 0 Å². The van der Waals surface area contributed by atoms with Crippen LogP contribution in [0, 0.1) is 0 Å². The van der Waals surface area contributed by atoms with Gasteiger partial charge in [-0.05, 0) is 117 Å². The molecule has 16 aromatic rings. The SMILES string of the molecule is c1ccc(-n2c3ccccc3c3ccc(-c4cccc5c4sc4c(N(c6ccc(-c7cccc8ccccc78)cc6)c6cccc7c6sc6cc(-c8ccc9c(c8)oc8ccccc89)ccc67)cccc45)cc32)cc1. The Hall–Kier alpha value is -9.26. The molecule has 0 saturated heterocycles. The van der Waals surface area contributed by atoms with Crippen LogP contribution in [0.4, 0.5) is 17.1 Å². The molecule has 12 aromatic carbocycles. The molecule has 0 radical (unpaired) electrons. The minimum absolute atomic E-state index is 0.907. The average Bonchev–Trinajstić information content (AvgIpc) is 4.24. The average molecular weight is 991 g/mol. The van der Waals surface area contributed by atoms with Crippen molar-refractivity contribution in [3.8, 4) is 39.1 Å². The van der Waals surface area contributed by atoms with Crippen LogP contribution in [0.15, 0.2) is 259 Å². The van der Waals surface area contributed by atoms with Gasteiger partial charge in [-0.2, -0.15) is 0 Å². The van der Waals surface area contributed by atoms with Crippen molar-refractivity contribution >= 4 is 135 Å². The lowest BCUT2D eigenvalue weighted by molar-refractivity contribution is 0.669. The molecule has 75 heavy (non-hydrogen) atoms. The van der Waals surface area contributed by atoms with Gasteiger partial charge < -0.3 is 13.9 Å². The van der Waals surface area contributed by atoms with Gasteiger partial charge >= 0.3 is 0 Å². The van der Waals surface area contributed by atoms with Crippen LogP contribution in [0.3, 0.4) is 0 Å². The largest absolute Gasteiger partial charge is 0.456 e. The molecule has 5 heteroatoms. The normalized spacial score (nSPS) is 12.0. The minimum Gasteiger partial charge on any atom is -0.456 e. The molecule has 4 aromatic heterocycles. The van der Waals surface area contributed by atoms with Gasteiger partial charge in [0, 0.05) is 63.9 Å². The molecular weight excluding hydrogens is 949 g/mol. The lowest BCUT2D eigenvalue weighted by atomic mass is 9.98. The molecule has 0 saturated carbocycles. The summed E-state index contributed by atoms with van der Waals surface area (Å²) in [5, 5.41) is 12.3. The van der Waals surface area contributed by atoms with Gasteiger partial charge in [-0.15, -0.1) is 22.7 Å². The fraction of sp³-hybridized carbons (Fsp3) is 0. The predicted octanol–water partition coefficient (Wildman–Crippen LogP) is 21.0. The van der Waals surface area contributed by atoms with E-state index in [4.69, 9.17) is 4.42 Å². The summed E-state index contributed by atoms with van der Waals surface area (Å²) in [5.41, 5.74) is 16.0. The van der Waals surface area contributed by atoms with Gasteiger partial charge in [0.1, 0.15) is 11.2 Å². The molecule has 0 bridgehead atoms. The Bertz CT molecular complexity index is 4950. The third kappa shape index (κ3) is 6.58. The summed E-state index contributed by atoms with van der Waals surface area (Å²) in [6.07, 6.45) is 0. The van der Waals surface area contributed by atoms with Crippen molar-refractivity contribution in [3.05, 3.63) is 255 Å². The first kappa shape index (κ1) is 42.3. The maximum atomic E-state index is 6.35. The van der Waals surface area contributed by atoms with E-state index < -0.39 is 0 Å². The van der Waals surface area contributed by atoms with Crippen molar-refractivity contribution in [1.29, 1.82) is 0 Å². The summed E-state index contributed by atoms with van der Waals surface area (Å²) in [7, 11) is 0. The van der Waals surface area contributed by atoms with Gasteiger partial charge in [-0.3, -0.25) is 0 Å². The second-order valence-electron chi connectivity index (χ2n) is 19.5. The molecule has 0 N–H and O–H groups in total. The molecule has 4 heterocycles. The summed E-state index contributed by atoms with van der Waals surface area (Å²) in [6.45, 7) is 0. The first-order chi connectivity index (χ1) is 37.2. The zero-order chi connectivity index (χ0) is 49.1. The fourth-order valence-corrected chi connectivity index (χ4v) is 14.5. The zero-order valence-corrected chi connectivity index (χ0v) is 42.0. The Morgan fingerprint density at radius 2 is 0.880 bits per heavy atom. The summed E-state index contributed by atoms with van der Waals surface area (Å²) < 4.78 is 13.8. The van der Waals surface area contributed by atoms with Gasteiger partial charge in [-0.1, -0.05) is 182 Å². The van der Waals surface area contributed by atoms with Crippen LogP contribution >= 0.6 is 22.7 Å². The lowest BCUT2D eigenvalue weighted by Crippen LogP contribution is -2.10. The molecular formula is C70H42N2OS2. The van der Waals surface area contributed by atoms with E-state index in [0.717, 1.165) is 50.3 Å².